The summed E-state index contributed by atoms with van der Waals surface area (Å²) in [6.07, 6.45) is 1.21. The number of hydrogen-bond donors (Lipinski definition) is 0. The Labute approximate surface area is 149 Å². The average Bonchev–Trinajstić information content (AvgIpc) is 2.89. The molecule has 0 spiro atoms. The molecule has 0 fully saturated rings. The van der Waals surface area contributed by atoms with Crippen LogP contribution in [0.5, 0.6) is 11.8 Å². The zero-order valence-electron chi connectivity index (χ0n) is 12.7. The first-order chi connectivity index (χ1) is 12.0. The Morgan fingerprint density at radius 1 is 1.04 bits per heavy atom. The first-order valence-electron chi connectivity index (χ1n) is 7.27. The van der Waals surface area contributed by atoms with Crippen LogP contribution in [0.1, 0.15) is 5.56 Å². The van der Waals surface area contributed by atoms with Crippen LogP contribution < -0.4 is 9.04 Å². The van der Waals surface area contributed by atoms with Gasteiger partial charge in [-0.3, -0.25) is 0 Å². The SMILES string of the molecule is O=S1(=O)c2ccccc2CN1c1ncnc(Oc2ccc(Cl)cc2)n1. The summed E-state index contributed by atoms with van der Waals surface area (Å²) in [6, 6.07) is 13.5. The van der Waals surface area contributed by atoms with Crippen LogP contribution in [0.15, 0.2) is 59.8 Å². The van der Waals surface area contributed by atoms with Gasteiger partial charge in [-0.15, -0.1) is 0 Å². The lowest BCUT2D eigenvalue weighted by atomic mass is 10.2. The van der Waals surface area contributed by atoms with Gasteiger partial charge in [-0.1, -0.05) is 29.8 Å². The molecule has 25 heavy (non-hydrogen) atoms. The smallest absolute Gasteiger partial charge is 0.326 e. The van der Waals surface area contributed by atoms with E-state index >= 15 is 0 Å². The van der Waals surface area contributed by atoms with Gasteiger partial charge in [-0.25, -0.2) is 17.7 Å². The summed E-state index contributed by atoms with van der Waals surface area (Å²) in [6.45, 7) is 0.170. The van der Waals surface area contributed by atoms with Crippen molar-refractivity contribution in [3.63, 3.8) is 0 Å². The standard InChI is InChI=1S/C16H11ClN4O3S/c17-12-5-7-13(8-6-12)24-16-19-10-18-15(20-16)21-9-11-3-1-2-4-14(11)25(21,22)23/h1-8,10H,9H2. The van der Waals surface area contributed by atoms with Crippen molar-refractivity contribution in [2.75, 3.05) is 4.31 Å². The molecule has 0 saturated carbocycles. The first-order valence-corrected chi connectivity index (χ1v) is 9.09. The predicted molar refractivity (Wildman–Crippen MR) is 91.2 cm³/mol. The number of anilines is 1. The van der Waals surface area contributed by atoms with Crippen molar-refractivity contribution in [1.82, 2.24) is 15.0 Å². The van der Waals surface area contributed by atoms with Crippen molar-refractivity contribution in [2.45, 2.75) is 11.4 Å². The molecule has 1 aromatic heterocycles. The Kier molecular flexibility index (Phi) is 3.78. The molecule has 0 bridgehead atoms. The number of nitrogens with zero attached hydrogens (tertiary/aromatic N) is 4. The van der Waals surface area contributed by atoms with Crippen LogP contribution in [0.25, 0.3) is 0 Å². The summed E-state index contributed by atoms with van der Waals surface area (Å²) < 4.78 is 32.0. The molecule has 2 heterocycles. The van der Waals surface area contributed by atoms with Crippen molar-refractivity contribution in [3.8, 4) is 11.8 Å². The summed E-state index contributed by atoms with van der Waals surface area (Å²) in [5, 5.41) is 0.574. The van der Waals surface area contributed by atoms with E-state index < -0.39 is 10.0 Å². The number of hydrogen-bond acceptors (Lipinski definition) is 6. The highest BCUT2D eigenvalue weighted by molar-refractivity contribution is 7.93. The Bertz CT molecular complexity index is 1040. The number of ether oxygens (including phenoxy) is 1. The van der Waals surface area contributed by atoms with Crippen LogP contribution in [-0.2, 0) is 16.6 Å². The van der Waals surface area contributed by atoms with Gasteiger partial charge in [0, 0.05) is 5.02 Å². The monoisotopic (exact) mass is 374 g/mol. The molecule has 2 aromatic carbocycles. The Morgan fingerprint density at radius 2 is 1.80 bits per heavy atom. The number of benzene rings is 2. The second kappa shape index (κ2) is 5.98. The highest BCUT2D eigenvalue weighted by Gasteiger charge is 2.36. The fourth-order valence-electron chi connectivity index (χ4n) is 2.47. The maximum absolute atomic E-state index is 12.7. The third kappa shape index (κ3) is 2.90. The average molecular weight is 375 g/mol. The number of sulfonamides is 1. The number of fused-ring (bicyclic) bond motifs is 1. The first kappa shape index (κ1) is 15.8. The molecule has 0 amide bonds. The topological polar surface area (TPSA) is 85.3 Å². The van der Waals surface area contributed by atoms with Crippen molar-refractivity contribution < 1.29 is 13.2 Å². The van der Waals surface area contributed by atoms with Crippen LogP contribution in [0.2, 0.25) is 5.02 Å². The maximum Gasteiger partial charge on any atom is 0.326 e. The van der Waals surface area contributed by atoms with E-state index in [0.29, 0.717) is 16.3 Å². The largest absolute Gasteiger partial charge is 0.424 e. The van der Waals surface area contributed by atoms with Crippen LogP contribution in [0.4, 0.5) is 5.95 Å². The third-order valence-electron chi connectivity index (χ3n) is 3.64. The lowest BCUT2D eigenvalue weighted by Crippen LogP contribution is -2.25. The van der Waals surface area contributed by atoms with E-state index in [0.717, 1.165) is 4.31 Å². The van der Waals surface area contributed by atoms with Crippen LogP contribution >= 0.6 is 11.6 Å². The van der Waals surface area contributed by atoms with Crippen LogP contribution in [0, 0.1) is 0 Å². The minimum Gasteiger partial charge on any atom is -0.424 e. The minimum absolute atomic E-state index is 0.00141. The summed E-state index contributed by atoms with van der Waals surface area (Å²) in [5.41, 5.74) is 0.697. The molecule has 1 aliphatic heterocycles. The lowest BCUT2D eigenvalue weighted by molar-refractivity contribution is 0.439. The van der Waals surface area contributed by atoms with Gasteiger partial charge in [0.1, 0.15) is 12.1 Å². The Hall–Kier alpha value is -2.71. The predicted octanol–water partition coefficient (Wildman–Crippen LogP) is 3.03. The Morgan fingerprint density at radius 3 is 2.56 bits per heavy atom. The molecular formula is C16H11ClN4O3S. The second-order valence-corrected chi connectivity index (χ2v) is 7.51. The molecule has 0 atom stereocenters. The molecule has 7 nitrogen and oxygen atoms in total. The third-order valence-corrected chi connectivity index (χ3v) is 5.72. The van der Waals surface area contributed by atoms with E-state index in [-0.39, 0.29) is 23.4 Å². The molecule has 0 unspecified atom stereocenters. The van der Waals surface area contributed by atoms with E-state index in [1.807, 2.05) is 0 Å². The van der Waals surface area contributed by atoms with Crippen molar-refractivity contribution in [2.24, 2.45) is 0 Å². The van der Waals surface area contributed by atoms with Crippen molar-refractivity contribution in [1.29, 1.82) is 0 Å². The molecule has 0 radical (unpaired) electrons. The number of halogens is 1. The van der Waals surface area contributed by atoms with Crippen molar-refractivity contribution >= 4 is 27.6 Å². The molecular weight excluding hydrogens is 364 g/mol. The van der Waals surface area contributed by atoms with Gasteiger partial charge in [-0.05, 0) is 35.9 Å². The molecule has 0 N–H and O–H groups in total. The fourth-order valence-corrected chi connectivity index (χ4v) is 4.16. The van der Waals surface area contributed by atoms with Gasteiger partial charge in [0.05, 0.1) is 11.4 Å². The zero-order chi connectivity index (χ0) is 17.4. The zero-order valence-corrected chi connectivity index (χ0v) is 14.3. The molecule has 9 heteroatoms. The van der Waals surface area contributed by atoms with Crippen LogP contribution in [0.3, 0.4) is 0 Å². The normalized spacial score (nSPS) is 15.0. The van der Waals surface area contributed by atoms with E-state index in [9.17, 15) is 8.42 Å². The summed E-state index contributed by atoms with van der Waals surface area (Å²) >= 11 is 5.83. The molecule has 126 valence electrons. The molecule has 3 aromatic rings. The van der Waals surface area contributed by atoms with E-state index in [1.165, 1.54) is 6.33 Å². The van der Waals surface area contributed by atoms with Gasteiger partial charge in [0.2, 0.25) is 5.95 Å². The van der Waals surface area contributed by atoms with Gasteiger partial charge in [-0.2, -0.15) is 9.97 Å². The fraction of sp³-hybridized carbons (Fsp3) is 0.0625. The summed E-state index contributed by atoms with van der Waals surface area (Å²) in [7, 11) is -3.69. The van der Waals surface area contributed by atoms with E-state index in [1.54, 1.807) is 48.5 Å². The highest BCUT2D eigenvalue weighted by Crippen LogP contribution is 2.33. The van der Waals surface area contributed by atoms with Gasteiger partial charge in [0.15, 0.2) is 0 Å². The quantitative estimate of drug-likeness (QED) is 0.700. The number of aromatic nitrogens is 3. The number of rotatable bonds is 3. The summed E-state index contributed by atoms with van der Waals surface area (Å²) in [5.74, 6) is 0.490. The van der Waals surface area contributed by atoms with E-state index in [2.05, 4.69) is 15.0 Å². The molecule has 4 rings (SSSR count). The van der Waals surface area contributed by atoms with Gasteiger partial charge >= 0.3 is 6.01 Å². The maximum atomic E-state index is 12.7. The highest BCUT2D eigenvalue weighted by atomic mass is 35.5. The minimum atomic E-state index is -3.69. The van der Waals surface area contributed by atoms with Gasteiger partial charge < -0.3 is 4.74 Å². The molecule has 1 aliphatic rings. The lowest BCUT2D eigenvalue weighted by Gasteiger charge is -2.14. The van der Waals surface area contributed by atoms with Crippen molar-refractivity contribution in [3.05, 3.63) is 65.4 Å². The second-order valence-electron chi connectivity index (χ2n) is 5.24. The summed E-state index contributed by atoms with van der Waals surface area (Å²) in [4.78, 5) is 12.3. The molecule has 0 aliphatic carbocycles. The molecule has 0 saturated heterocycles. The van der Waals surface area contributed by atoms with E-state index in [4.69, 9.17) is 16.3 Å². The van der Waals surface area contributed by atoms with Gasteiger partial charge in [0.25, 0.3) is 10.0 Å². The van der Waals surface area contributed by atoms with Crippen LogP contribution in [-0.4, -0.2) is 23.4 Å². The Balaban J connectivity index is 1.65.